The molecule has 0 amide bonds. The van der Waals surface area contributed by atoms with Gasteiger partial charge in [0.25, 0.3) is 0 Å². The van der Waals surface area contributed by atoms with E-state index in [0.717, 1.165) is 22.2 Å². The number of fused-ring (bicyclic) bond motifs is 1. The number of hydrogen-bond acceptors (Lipinski definition) is 5. The van der Waals surface area contributed by atoms with Crippen molar-refractivity contribution in [2.45, 2.75) is 30.2 Å². The number of imidazole rings is 2. The minimum atomic E-state index is -0.416. The van der Waals surface area contributed by atoms with Crippen LogP contribution in [0.5, 0.6) is 0 Å². The third kappa shape index (κ3) is 4.25. The van der Waals surface area contributed by atoms with E-state index in [4.69, 9.17) is 4.98 Å². The van der Waals surface area contributed by atoms with E-state index in [1.807, 2.05) is 77.4 Å². The van der Waals surface area contributed by atoms with E-state index < -0.39 is 4.92 Å². The first-order valence-corrected chi connectivity index (χ1v) is 11.3. The zero-order valence-electron chi connectivity index (χ0n) is 18.0. The Kier molecular flexibility index (Phi) is 5.66. The monoisotopic (exact) mass is 455 g/mol. The molecule has 2 heterocycles. The van der Waals surface area contributed by atoms with E-state index >= 15 is 0 Å². The summed E-state index contributed by atoms with van der Waals surface area (Å²) in [6.07, 6.45) is 0. The highest BCUT2D eigenvalue weighted by Gasteiger charge is 2.28. The van der Waals surface area contributed by atoms with E-state index in [2.05, 4.69) is 21.7 Å². The minimum absolute atomic E-state index is 0.147. The van der Waals surface area contributed by atoms with Gasteiger partial charge in [-0.25, -0.2) is 4.98 Å². The Morgan fingerprint density at radius 1 is 0.818 bits per heavy atom. The van der Waals surface area contributed by atoms with Crippen LogP contribution in [0.3, 0.4) is 0 Å². The summed E-state index contributed by atoms with van der Waals surface area (Å²) in [6, 6.07) is 27.9. The molecular formula is C25H21N5O2S. The first-order valence-electron chi connectivity index (χ1n) is 10.5. The lowest BCUT2D eigenvalue weighted by atomic mass is 10.2. The molecule has 8 heteroatoms. The van der Waals surface area contributed by atoms with E-state index in [1.54, 1.807) is 6.92 Å². The lowest BCUT2D eigenvalue weighted by Gasteiger charge is -2.11. The van der Waals surface area contributed by atoms with Gasteiger partial charge >= 0.3 is 5.82 Å². The molecule has 0 unspecified atom stereocenters. The van der Waals surface area contributed by atoms with E-state index in [1.165, 1.54) is 11.8 Å². The number of nitro groups is 1. The molecule has 164 valence electrons. The van der Waals surface area contributed by atoms with Gasteiger partial charge < -0.3 is 14.7 Å². The highest BCUT2D eigenvalue weighted by molar-refractivity contribution is 7.99. The average molecular weight is 456 g/mol. The number of nitrogens with zero attached hydrogens (tertiary/aromatic N) is 5. The van der Waals surface area contributed by atoms with Crippen molar-refractivity contribution < 1.29 is 4.92 Å². The van der Waals surface area contributed by atoms with Crippen LogP contribution in [0.1, 0.15) is 17.0 Å². The maximum absolute atomic E-state index is 11.9. The van der Waals surface area contributed by atoms with E-state index in [9.17, 15) is 10.1 Å². The van der Waals surface area contributed by atoms with Crippen LogP contribution in [-0.4, -0.2) is 24.0 Å². The minimum Gasteiger partial charge on any atom is -0.358 e. The average Bonchev–Trinajstić information content (AvgIpc) is 3.33. The molecule has 0 aliphatic rings. The largest absolute Gasteiger partial charge is 0.396 e. The predicted octanol–water partition coefficient (Wildman–Crippen LogP) is 5.70. The second kappa shape index (κ2) is 8.91. The molecule has 0 atom stereocenters. The van der Waals surface area contributed by atoms with Gasteiger partial charge in [-0.2, -0.15) is 0 Å². The normalized spacial score (nSPS) is 11.2. The summed E-state index contributed by atoms with van der Waals surface area (Å²) in [4.78, 5) is 20.6. The molecule has 0 saturated carbocycles. The molecule has 0 bridgehead atoms. The topological polar surface area (TPSA) is 78.8 Å². The van der Waals surface area contributed by atoms with Crippen molar-refractivity contribution in [1.29, 1.82) is 0 Å². The van der Waals surface area contributed by atoms with E-state index in [-0.39, 0.29) is 5.82 Å². The van der Waals surface area contributed by atoms with Crippen LogP contribution in [0.2, 0.25) is 0 Å². The summed E-state index contributed by atoms with van der Waals surface area (Å²) >= 11 is 1.29. The van der Waals surface area contributed by atoms with Crippen LogP contribution in [0, 0.1) is 17.0 Å². The van der Waals surface area contributed by atoms with Gasteiger partial charge in [0.1, 0.15) is 0 Å². The highest BCUT2D eigenvalue weighted by atomic mass is 32.2. The first kappa shape index (κ1) is 21.0. The highest BCUT2D eigenvalue weighted by Crippen LogP contribution is 2.37. The maximum atomic E-state index is 11.9. The van der Waals surface area contributed by atoms with E-state index in [0.29, 0.717) is 29.1 Å². The van der Waals surface area contributed by atoms with Gasteiger partial charge in [-0.1, -0.05) is 72.8 Å². The van der Waals surface area contributed by atoms with Crippen LogP contribution >= 0.6 is 11.8 Å². The number of aromatic nitrogens is 4. The van der Waals surface area contributed by atoms with Gasteiger partial charge in [0.15, 0.2) is 10.2 Å². The second-order valence-electron chi connectivity index (χ2n) is 7.67. The Hall–Kier alpha value is -3.91. The SMILES string of the molecule is Cc1nc([N+](=O)[O-])c(Sc2nc3ccccc3n2Cc2ccccc2)n1Cc1ccccc1. The molecular weight excluding hydrogens is 434 g/mol. The molecule has 7 nitrogen and oxygen atoms in total. The predicted molar refractivity (Wildman–Crippen MR) is 129 cm³/mol. The van der Waals surface area contributed by atoms with Gasteiger partial charge in [0.05, 0.1) is 24.1 Å². The molecule has 2 aromatic heterocycles. The van der Waals surface area contributed by atoms with Crippen LogP contribution in [0.4, 0.5) is 5.82 Å². The summed E-state index contributed by atoms with van der Waals surface area (Å²) in [7, 11) is 0. The fourth-order valence-electron chi connectivity index (χ4n) is 3.84. The number of rotatable bonds is 7. The summed E-state index contributed by atoms with van der Waals surface area (Å²) in [5, 5.41) is 13.0. The Morgan fingerprint density at radius 3 is 2.03 bits per heavy atom. The molecule has 0 aliphatic heterocycles. The molecule has 3 aromatic carbocycles. The zero-order chi connectivity index (χ0) is 22.8. The third-order valence-corrected chi connectivity index (χ3v) is 6.53. The van der Waals surface area contributed by atoms with Crippen molar-refractivity contribution in [3.8, 4) is 0 Å². The summed E-state index contributed by atoms with van der Waals surface area (Å²) < 4.78 is 4.00. The van der Waals surface area contributed by atoms with Crippen molar-refractivity contribution in [3.05, 3.63) is 112 Å². The van der Waals surface area contributed by atoms with Crippen molar-refractivity contribution in [3.63, 3.8) is 0 Å². The summed E-state index contributed by atoms with van der Waals surface area (Å²) in [6.45, 7) is 2.91. The molecule has 5 rings (SSSR count). The number of aryl methyl sites for hydroxylation is 1. The molecule has 0 spiro atoms. The third-order valence-electron chi connectivity index (χ3n) is 5.44. The van der Waals surface area contributed by atoms with Gasteiger partial charge in [0, 0.05) is 6.92 Å². The van der Waals surface area contributed by atoms with Gasteiger partial charge in [-0.05, 0) is 44.9 Å². The lowest BCUT2D eigenvalue weighted by molar-refractivity contribution is -0.392. The molecule has 0 aliphatic carbocycles. The van der Waals surface area contributed by atoms with Crippen molar-refractivity contribution in [2.24, 2.45) is 0 Å². The molecule has 0 saturated heterocycles. The molecule has 0 N–H and O–H groups in total. The Labute approximate surface area is 194 Å². The van der Waals surface area contributed by atoms with Gasteiger partial charge in [-0.15, -0.1) is 0 Å². The molecule has 0 fully saturated rings. The maximum Gasteiger partial charge on any atom is 0.396 e. The molecule has 5 aromatic rings. The van der Waals surface area contributed by atoms with Gasteiger partial charge in [0.2, 0.25) is 5.82 Å². The van der Waals surface area contributed by atoms with Crippen LogP contribution in [-0.2, 0) is 13.1 Å². The van der Waals surface area contributed by atoms with Crippen LogP contribution in [0.25, 0.3) is 11.0 Å². The van der Waals surface area contributed by atoms with Crippen molar-refractivity contribution in [1.82, 2.24) is 19.1 Å². The second-order valence-corrected chi connectivity index (χ2v) is 8.63. The van der Waals surface area contributed by atoms with Crippen LogP contribution in [0.15, 0.2) is 95.1 Å². The Balaban J connectivity index is 1.61. The van der Waals surface area contributed by atoms with Crippen LogP contribution < -0.4 is 0 Å². The molecule has 33 heavy (non-hydrogen) atoms. The van der Waals surface area contributed by atoms with Crippen molar-refractivity contribution >= 4 is 28.6 Å². The smallest absolute Gasteiger partial charge is 0.358 e. The standard InChI is InChI=1S/C25H21N5O2S/c1-18-26-23(30(31)32)24(28(18)16-19-10-4-2-5-11-19)33-25-27-21-14-8-9-15-22(21)29(25)17-20-12-6-3-7-13-20/h2-15H,16-17H2,1H3. The van der Waals surface area contributed by atoms with Gasteiger partial charge in [-0.3, -0.25) is 4.57 Å². The fourth-order valence-corrected chi connectivity index (χ4v) is 4.95. The molecule has 0 radical (unpaired) electrons. The number of hydrogen-bond donors (Lipinski definition) is 0. The Morgan fingerprint density at radius 2 is 1.39 bits per heavy atom. The lowest BCUT2D eigenvalue weighted by Crippen LogP contribution is -2.06. The van der Waals surface area contributed by atoms with Crippen molar-refractivity contribution in [2.75, 3.05) is 0 Å². The number of benzene rings is 3. The summed E-state index contributed by atoms with van der Waals surface area (Å²) in [5.74, 6) is 0.450. The summed E-state index contributed by atoms with van der Waals surface area (Å²) in [5.41, 5.74) is 4.01. The Bertz CT molecular complexity index is 1430. The fraction of sp³-hybridized carbons (Fsp3) is 0.120. The first-order chi connectivity index (χ1) is 16.1. The number of para-hydroxylation sites is 2. The quantitative estimate of drug-likeness (QED) is 0.232. The zero-order valence-corrected chi connectivity index (χ0v) is 18.8.